The molecule has 0 bridgehead atoms. The Morgan fingerprint density at radius 2 is 1.73 bits per heavy atom. The van der Waals surface area contributed by atoms with E-state index in [4.69, 9.17) is 4.74 Å². The summed E-state index contributed by atoms with van der Waals surface area (Å²) in [5, 5.41) is 10.8. The number of ether oxygens (including phenoxy) is 1. The van der Waals surface area contributed by atoms with E-state index >= 15 is 0 Å². The van der Waals surface area contributed by atoms with Crippen LogP contribution in [0.3, 0.4) is 0 Å². The van der Waals surface area contributed by atoms with Gasteiger partial charge in [0.15, 0.2) is 0 Å². The third-order valence-electron chi connectivity index (χ3n) is 7.84. The molecule has 1 heterocycles. The van der Waals surface area contributed by atoms with Crippen molar-refractivity contribution in [2.24, 2.45) is 11.8 Å². The predicted molar refractivity (Wildman–Crippen MR) is 150 cm³/mol. The van der Waals surface area contributed by atoms with Gasteiger partial charge in [-0.05, 0) is 62.3 Å². The summed E-state index contributed by atoms with van der Waals surface area (Å²) in [4.78, 5) is 63.2. The van der Waals surface area contributed by atoms with Crippen LogP contribution in [-0.2, 0) is 30.5 Å². The molecule has 4 amide bonds. The Hall–Kier alpha value is -3.76. The van der Waals surface area contributed by atoms with Crippen molar-refractivity contribution in [2.45, 2.75) is 89.9 Å². The lowest BCUT2D eigenvalue weighted by atomic mass is 9.84. The van der Waals surface area contributed by atoms with Crippen molar-refractivity contribution >= 4 is 30.1 Å². The van der Waals surface area contributed by atoms with Gasteiger partial charge in [0.25, 0.3) is 0 Å². The molecule has 1 aromatic carbocycles. The highest BCUT2D eigenvalue weighted by Crippen LogP contribution is 2.27. The van der Waals surface area contributed by atoms with Gasteiger partial charge in [0.2, 0.25) is 17.7 Å². The van der Waals surface area contributed by atoms with Gasteiger partial charge < -0.3 is 30.8 Å². The first-order valence-electron chi connectivity index (χ1n) is 14.3. The summed E-state index contributed by atoms with van der Waals surface area (Å²) in [7, 11) is 0. The maximum absolute atomic E-state index is 13.5. The number of hydrogen-bond donors (Lipinski definition) is 4. The lowest BCUT2D eigenvalue weighted by Gasteiger charge is -2.29. The predicted octanol–water partition coefficient (Wildman–Crippen LogP) is 3.05. The molecule has 1 aliphatic heterocycles. The zero-order valence-electron chi connectivity index (χ0n) is 23.7. The van der Waals surface area contributed by atoms with Gasteiger partial charge in [-0.25, -0.2) is 9.18 Å². The fourth-order valence-corrected chi connectivity index (χ4v) is 5.29. The van der Waals surface area contributed by atoms with E-state index in [0.29, 0.717) is 36.8 Å². The number of nitrogens with one attached hydrogen (secondary N) is 4. The highest BCUT2D eigenvalue weighted by Gasteiger charge is 2.33. The van der Waals surface area contributed by atoms with Gasteiger partial charge in [-0.2, -0.15) is 0 Å². The van der Waals surface area contributed by atoms with Gasteiger partial charge >= 0.3 is 6.09 Å². The number of hydrogen-bond acceptors (Lipinski definition) is 6. The maximum atomic E-state index is 13.5. The Morgan fingerprint density at radius 1 is 1.02 bits per heavy atom. The van der Waals surface area contributed by atoms with Crippen molar-refractivity contribution in [3.63, 3.8) is 0 Å². The highest BCUT2D eigenvalue weighted by atomic mass is 19.1. The summed E-state index contributed by atoms with van der Waals surface area (Å²) in [6.45, 7) is 3.82. The summed E-state index contributed by atoms with van der Waals surface area (Å²) >= 11 is 0. The molecule has 4 N–H and O–H groups in total. The van der Waals surface area contributed by atoms with Crippen LogP contribution in [0.25, 0.3) is 0 Å². The second-order valence-corrected chi connectivity index (χ2v) is 10.9. The second-order valence-electron chi connectivity index (χ2n) is 10.9. The number of alkyl carbamates (subject to hydrolysis) is 1. The molecule has 11 heteroatoms. The molecular formula is C30H41FN4O6. The topological polar surface area (TPSA) is 143 Å². The van der Waals surface area contributed by atoms with E-state index in [1.807, 2.05) is 0 Å². The molecule has 1 saturated heterocycles. The van der Waals surface area contributed by atoms with E-state index < -0.39 is 41.9 Å². The van der Waals surface area contributed by atoms with Crippen molar-refractivity contribution in [2.75, 3.05) is 6.54 Å². The lowest BCUT2D eigenvalue weighted by molar-refractivity contribution is -0.131. The van der Waals surface area contributed by atoms with Crippen LogP contribution in [0.15, 0.2) is 35.9 Å². The molecule has 1 saturated carbocycles. The van der Waals surface area contributed by atoms with Crippen molar-refractivity contribution in [1.29, 1.82) is 0 Å². The monoisotopic (exact) mass is 572 g/mol. The average Bonchev–Trinajstić information content (AvgIpc) is 3.38. The molecule has 2 aliphatic rings. The van der Waals surface area contributed by atoms with E-state index in [1.54, 1.807) is 19.9 Å². The number of rotatable bonds is 13. The van der Waals surface area contributed by atoms with Crippen LogP contribution < -0.4 is 21.3 Å². The minimum atomic E-state index is -1.11. The summed E-state index contributed by atoms with van der Waals surface area (Å²) in [6, 6.07) is 2.59. The fourth-order valence-electron chi connectivity index (χ4n) is 5.29. The lowest BCUT2D eigenvalue weighted by Crippen LogP contribution is -2.56. The number of amides is 4. The van der Waals surface area contributed by atoms with E-state index in [-0.39, 0.29) is 30.8 Å². The summed E-state index contributed by atoms with van der Waals surface area (Å²) in [5.41, 5.74) is 1.12. The van der Waals surface area contributed by atoms with E-state index in [9.17, 15) is 28.4 Å². The Balaban J connectivity index is 1.67. The molecule has 4 atom stereocenters. The smallest absolute Gasteiger partial charge is 0.408 e. The van der Waals surface area contributed by atoms with Gasteiger partial charge in [0.1, 0.15) is 30.8 Å². The fraction of sp³-hybridized carbons (Fsp3) is 0.567. The molecular weight excluding hydrogens is 531 g/mol. The van der Waals surface area contributed by atoms with Gasteiger partial charge in [-0.15, -0.1) is 0 Å². The van der Waals surface area contributed by atoms with Crippen molar-refractivity contribution in [3.05, 3.63) is 47.3 Å². The molecule has 3 rings (SSSR count). The minimum Gasteiger partial charge on any atom is -0.445 e. The van der Waals surface area contributed by atoms with Gasteiger partial charge in [0.05, 0.1) is 6.04 Å². The van der Waals surface area contributed by atoms with Crippen LogP contribution in [0.2, 0.25) is 0 Å². The van der Waals surface area contributed by atoms with Crippen LogP contribution in [0, 0.1) is 17.7 Å². The molecule has 41 heavy (non-hydrogen) atoms. The van der Waals surface area contributed by atoms with Crippen LogP contribution in [-0.4, -0.2) is 54.8 Å². The third-order valence-corrected chi connectivity index (χ3v) is 7.84. The Kier molecular flexibility index (Phi) is 12.3. The summed E-state index contributed by atoms with van der Waals surface area (Å²) < 4.78 is 18.4. The normalized spacial score (nSPS) is 19.8. The first-order valence-corrected chi connectivity index (χ1v) is 14.3. The summed E-state index contributed by atoms with van der Waals surface area (Å²) in [5.74, 6) is -1.77. The Labute approximate surface area is 240 Å². The largest absolute Gasteiger partial charge is 0.445 e. The number of aldehydes is 1. The molecule has 10 nitrogen and oxygen atoms in total. The third kappa shape index (κ3) is 9.98. The SMILES string of the molecule is C/C=C(/C)[C@H](NC(=O)OCc1ccc(F)cc1)C(=O)N[C@@H](CC1CCCCC1)C(=O)N[C@H](C=O)C[C@@H]1CCNC1=O. The molecule has 1 aromatic rings. The van der Waals surface area contributed by atoms with E-state index in [2.05, 4.69) is 21.3 Å². The zero-order valence-corrected chi connectivity index (χ0v) is 23.7. The van der Waals surface area contributed by atoms with Crippen molar-refractivity contribution in [3.8, 4) is 0 Å². The standard InChI is InChI=1S/C30H41FN4O6/c1-3-19(2)26(35-30(40)41-18-21-9-11-23(31)12-10-21)29(39)34-25(15-20-7-5-4-6-8-20)28(38)33-24(17-36)16-22-13-14-32-27(22)37/h3,9-12,17,20,22,24-26H,4-8,13-16,18H2,1-2H3,(H,32,37)(H,33,38)(H,34,39)(H,35,40)/b19-3-/t22-,24-,25-,26-/m0/s1. The first kappa shape index (κ1) is 31.8. The van der Waals surface area contributed by atoms with Crippen LogP contribution in [0.4, 0.5) is 9.18 Å². The van der Waals surface area contributed by atoms with Gasteiger partial charge in [0, 0.05) is 12.5 Å². The number of halogens is 1. The molecule has 0 unspecified atom stereocenters. The molecule has 1 aliphatic carbocycles. The molecule has 0 aromatic heterocycles. The first-order chi connectivity index (χ1) is 19.7. The number of carbonyl (C=O) groups is 5. The quantitative estimate of drug-likeness (QED) is 0.211. The van der Waals surface area contributed by atoms with Gasteiger partial charge in [-0.1, -0.05) is 50.3 Å². The van der Waals surface area contributed by atoms with Crippen LogP contribution in [0.5, 0.6) is 0 Å². The Bertz CT molecular complexity index is 1100. The average molecular weight is 573 g/mol. The van der Waals surface area contributed by atoms with Crippen molar-refractivity contribution in [1.82, 2.24) is 21.3 Å². The minimum absolute atomic E-state index is 0.117. The number of benzene rings is 1. The molecule has 0 spiro atoms. The zero-order chi connectivity index (χ0) is 29.8. The van der Waals surface area contributed by atoms with Crippen LogP contribution >= 0.6 is 0 Å². The second kappa shape index (κ2) is 15.9. The number of allylic oxidation sites excluding steroid dienone is 1. The molecule has 0 radical (unpaired) electrons. The van der Waals surface area contributed by atoms with Crippen molar-refractivity contribution < 1.29 is 33.1 Å². The maximum Gasteiger partial charge on any atom is 0.408 e. The van der Waals surface area contributed by atoms with E-state index in [1.165, 1.54) is 24.3 Å². The summed E-state index contributed by atoms with van der Waals surface area (Å²) in [6.07, 6.45) is 7.71. The van der Waals surface area contributed by atoms with E-state index in [0.717, 1.165) is 32.1 Å². The van der Waals surface area contributed by atoms with Crippen LogP contribution in [0.1, 0.15) is 70.8 Å². The highest BCUT2D eigenvalue weighted by molar-refractivity contribution is 5.93. The Morgan fingerprint density at radius 3 is 2.34 bits per heavy atom. The van der Waals surface area contributed by atoms with Gasteiger partial charge in [-0.3, -0.25) is 14.4 Å². The number of carbonyl (C=O) groups excluding carboxylic acids is 5. The molecule has 224 valence electrons. The molecule has 2 fully saturated rings.